The summed E-state index contributed by atoms with van der Waals surface area (Å²) in [5.74, 6) is 3.55. The molecule has 19 heavy (non-hydrogen) atoms. The van der Waals surface area contributed by atoms with Crippen LogP contribution >= 0.6 is 12.4 Å². The maximum Gasteiger partial charge on any atom is 0.131 e. The summed E-state index contributed by atoms with van der Waals surface area (Å²) < 4.78 is 0. The van der Waals surface area contributed by atoms with Crippen molar-refractivity contribution in [2.75, 3.05) is 0 Å². The van der Waals surface area contributed by atoms with Crippen molar-refractivity contribution in [2.45, 2.75) is 44.4 Å². The minimum Gasteiger partial charge on any atom is -0.348 e. The summed E-state index contributed by atoms with van der Waals surface area (Å²) in [6.45, 7) is 0. The van der Waals surface area contributed by atoms with Crippen LogP contribution < -0.4 is 0 Å². The molecule has 4 saturated carbocycles. The summed E-state index contributed by atoms with van der Waals surface area (Å²) in [5.41, 5.74) is 0.231. The number of aromatic amines is 1. The topological polar surface area (TPSA) is 45.8 Å². The Labute approximate surface area is 120 Å². The summed E-state index contributed by atoms with van der Waals surface area (Å²) in [7, 11) is 0. The fourth-order valence-electron chi connectivity index (χ4n) is 5.50. The van der Waals surface area contributed by atoms with E-state index in [1.165, 1.54) is 38.5 Å². The molecule has 0 saturated heterocycles. The number of hydrogen-bond acceptors (Lipinski definition) is 2. The third kappa shape index (κ3) is 1.94. The van der Waals surface area contributed by atoms with E-state index in [0.29, 0.717) is 0 Å². The zero-order chi connectivity index (χ0) is 12.2. The van der Waals surface area contributed by atoms with Crippen molar-refractivity contribution in [3.05, 3.63) is 18.2 Å². The highest BCUT2D eigenvalue weighted by atomic mass is 35.5. The van der Waals surface area contributed by atoms with E-state index in [9.17, 15) is 4.79 Å². The predicted octanol–water partition coefficient (Wildman–Crippen LogP) is 3.33. The lowest BCUT2D eigenvalue weighted by atomic mass is 9.46. The third-order valence-electron chi connectivity index (χ3n) is 5.70. The highest BCUT2D eigenvalue weighted by Crippen LogP contribution is 2.63. The second-order valence-electron chi connectivity index (χ2n) is 6.87. The Morgan fingerprint density at radius 1 is 1.21 bits per heavy atom. The van der Waals surface area contributed by atoms with Gasteiger partial charge in [0.05, 0.1) is 5.92 Å². The van der Waals surface area contributed by atoms with E-state index in [-0.39, 0.29) is 23.7 Å². The van der Waals surface area contributed by atoms with Crippen LogP contribution in [0, 0.1) is 23.2 Å². The van der Waals surface area contributed by atoms with Crippen molar-refractivity contribution < 1.29 is 4.79 Å². The molecule has 1 heterocycles. The van der Waals surface area contributed by atoms with Gasteiger partial charge < -0.3 is 9.78 Å². The van der Waals surface area contributed by atoms with Crippen LogP contribution in [-0.2, 0) is 4.79 Å². The molecule has 0 amide bonds. The number of halogens is 1. The molecule has 1 aromatic heterocycles. The largest absolute Gasteiger partial charge is 0.348 e. The first-order chi connectivity index (χ1) is 8.79. The molecule has 1 unspecified atom stereocenters. The third-order valence-corrected chi connectivity index (χ3v) is 5.70. The molecule has 104 valence electrons. The number of carbonyl (C=O) groups excluding carboxylic acids is 1. The van der Waals surface area contributed by atoms with E-state index in [2.05, 4.69) is 9.97 Å². The van der Waals surface area contributed by atoms with E-state index >= 15 is 0 Å². The van der Waals surface area contributed by atoms with Crippen molar-refractivity contribution in [1.29, 1.82) is 0 Å². The fourth-order valence-corrected chi connectivity index (χ4v) is 5.50. The van der Waals surface area contributed by atoms with Crippen LogP contribution in [0.4, 0.5) is 0 Å². The molecule has 0 spiro atoms. The quantitative estimate of drug-likeness (QED) is 0.863. The Kier molecular flexibility index (Phi) is 3.20. The number of aromatic nitrogens is 2. The lowest BCUT2D eigenvalue weighted by Gasteiger charge is -2.58. The standard InChI is InChI=1S/C15H20N2O.ClH/c18-9-13(14-16-1-2-17-14)15-6-10-3-11(7-15)5-12(4-10)8-15;/h1-2,9-13H,3-8H2,(H,16,17);1H. The van der Waals surface area contributed by atoms with Crippen LogP contribution in [-0.4, -0.2) is 16.3 Å². The first-order valence-corrected chi connectivity index (χ1v) is 7.24. The van der Waals surface area contributed by atoms with Gasteiger partial charge >= 0.3 is 0 Å². The second-order valence-corrected chi connectivity index (χ2v) is 6.87. The first-order valence-electron chi connectivity index (χ1n) is 7.24. The van der Waals surface area contributed by atoms with Gasteiger partial charge in [0, 0.05) is 12.4 Å². The van der Waals surface area contributed by atoms with Crippen LogP contribution in [0.1, 0.15) is 50.3 Å². The predicted molar refractivity (Wildman–Crippen MR) is 75.2 cm³/mol. The van der Waals surface area contributed by atoms with E-state index in [1.807, 2.05) is 6.20 Å². The molecule has 4 aliphatic rings. The van der Waals surface area contributed by atoms with E-state index in [1.54, 1.807) is 6.20 Å². The van der Waals surface area contributed by atoms with Crippen LogP contribution in [0.5, 0.6) is 0 Å². The van der Waals surface area contributed by atoms with Gasteiger partial charge in [-0.1, -0.05) is 0 Å². The zero-order valence-electron chi connectivity index (χ0n) is 11.0. The van der Waals surface area contributed by atoms with E-state index in [0.717, 1.165) is 29.9 Å². The van der Waals surface area contributed by atoms with Gasteiger partial charge in [-0.05, 0) is 61.7 Å². The van der Waals surface area contributed by atoms with Crippen molar-refractivity contribution in [2.24, 2.45) is 23.2 Å². The monoisotopic (exact) mass is 280 g/mol. The Hall–Kier alpha value is -0.830. The molecule has 4 aliphatic carbocycles. The summed E-state index contributed by atoms with van der Waals surface area (Å²) in [4.78, 5) is 19.2. The Bertz CT molecular complexity index is 421. The molecule has 1 atom stereocenters. The molecule has 0 radical (unpaired) electrons. The van der Waals surface area contributed by atoms with Gasteiger partial charge in [-0.25, -0.2) is 4.98 Å². The van der Waals surface area contributed by atoms with Crippen molar-refractivity contribution in [1.82, 2.24) is 9.97 Å². The number of rotatable bonds is 3. The molecular weight excluding hydrogens is 260 g/mol. The molecule has 4 bridgehead atoms. The van der Waals surface area contributed by atoms with E-state index < -0.39 is 0 Å². The smallest absolute Gasteiger partial charge is 0.131 e. The number of nitrogens with one attached hydrogen (secondary N) is 1. The Morgan fingerprint density at radius 3 is 2.21 bits per heavy atom. The van der Waals surface area contributed by atoms with Crippen LogP contribution in [0.2, 0.25) is 0 Å². The number of hydrogen-bond donors (Lipinski definition) is 1. The molecule has 1 N–H and O–H groups in total. The maximum absolute atomic E-state index is 11.7. The molecule has 5 rings (SSSR count). The van der Waals surface area contributed by atoms with Crippen LogP contribution in [0.25, 0.3) is 0 Å². The summed E-state index contributed by atoms with van der Waals surface area (Å²) in [6.07, 6.45) is 12.8. The SMILES string of the molecule is Cl.O=CC(c1ncc[nH]1)C12CC3CC(CC(C3)C1)C2. The molecule has 4 heteroatoms. The van der Waals surface area contributed by atoms with Crippen molar-refractivity contribution >= 4 is 18.7 Å². The summed E-state index contributed by atoms with van der Waals surface area (Å²) in [5, 5.41) is 0. The highest BCUT2D eigenvalue weighted by molar-refractivity contribution is 5.85. The minimum absolute atomic E-state index is 0. The minimum atomic E-state index is 0. The number of aldehydes is 1. The second kappa shape index (κ2) is 4.62. The van der Waals surface area contributed by atoms with Crippen molar-refractivity contribution in [3.63, 3.8) is 0 Å². The van der Waals surface area contributed by atoms with Gasteiger partial charge in [0.1, 0.15) is 12.1 Å². The lowest BCUT2D eigenvalue weighted by molar-refractivity contribution is -0.120. The maximum atomic E-state index is 11.7. The van der Waals surface area contributed by atoms with Gasteiger partial charge in [-0.2, -0.15) is 0 Å². The number of H-pyrrole nitrogens is 1. The molecular formula is C15H21ClN2O. The van der Waals surface area contributed by atoms with Crippen LogP contribution in [0.15, 0.2) is 12.4 Å². The van der Waals surface area contributed by atoms with Gasteiger partial charge in [-0.15, -0.1) is 12.4 Å². The van der Waals surface area contributed by atoms with Gasteiger partial charge in [0.15, 0.2) is 0 Å². The molecule has 4 fully saturated rings. The van der Waals surface area contributed by atoms with Crippen molar-refractivity contribution in [3.8, 4) is 0 Å². The molecule has 0 aliphatic heterocycles. The number of imidazole rings is 1. The average molecular weight is 281 g/mol. The fraction of sp³-hybridized carbons (Fsp3) is 0.733. The van der Waals surface area contributed by atoms with Gasteiger partial charge in [0.2, 0.25) is 0 Å². The Morgan fingerprint density at radius 2 is 1.79 bits per heavy atom. The molecule has 0 aromatic carbocycles. The molecule has 3 nitrogen and oxygen atoms in total. The lowest BCUT2D eigenvalue weighted by Crippen LogP contribution is -2.49. The number of carbonyl (C=O) groups is 1. The summed E-state index contributed by atoms with van der Waals surface area (Å²) in [6, 6.07) is 0. The normalized spacial score (nSPS) is 40.7. The zero-order valence-corrected chi connectivity index (χ0v) is 11.9. The van der Waals surface area contributed by atoms with Gasteiger partial charge in [0.25, 0.3) is 0 Å². The number of nitrogens with zero attached hydrogens (tertiary/aromatic N) is 1. The summed E-state index contributed by atoms with van der Waals surface area (Å²) >= 11 is 0. The molecule has 1 aromatic rings. The first kappa shape index (κ1) is 13.2. The van der Waals surface area contributed by atoms with E-state index in [4.69, 9.17) is 0 Å². The average Bonchev–Trinajstić information content (AvgIpc) is 2.81. The van der Waals surface area contributed by atoms with Crippen LogP contribution in [0.3, 0.4) is 0 Å². The van der Waals surface area contributed by atoms with Gasteiger partial charge in [-0.3, -0.25) is 0 Å². The highest BCUT2D eigenvalue weighted by Gasteiger charge is 2.55. The Balaban J connectivity index is 0.00000110.